The van der Waals surface area contributed by atoms with Crippen LogP contribution in [0.4, 0.5) is 4.39 Å². The number of carbonyl (C=O) groups excluding carboxylic acids is 3. The maximum atomic E-state index is 14.7. The lowest BCUT2D eigenvalue weighted by molar-refractivity contribution is -0.139. The normalized spacial score (nSPS) is 21.7. The van der Waals surface area contributed by atoms with E-state index in [1.54, 1.807) is 19.9 Å². The van der Waals surface area contributed by atoms with E-state index in [9.17, 15) is 18.8 Å². The van der Waals surface area contributed by atoms with E-state index in [2.05, 4.69) is 0 Å². The van der Waals surface area contributed by atoms with Gasteiger partial charge in [0.25, 0.3) is 0 Å². The molecule has 0 aromatic heterocycles. The van der Waals surface area contributed by atoms with Gasteiger partial charge in [-0.15, -0.1) is 0 Å². The van der Waals surface area contributed by atoms with Crippen molar-refractivity contribution in [2.75, 3.05) is 13.7 Å². The van der Waals surface area contributed by atoms with Gasteiger partial charge < -0.3 is 15.2 Å². The van der Waals surface area contributed by atoms with Crippen molar-refractivity contribution in [3.63, 3.8) is 0 Å². The number of hydrogen-bond acceptors (Lipinski definition) is 7. The first-order valence-corrected chi connectivity index (χ1v) is 9.45. The highest BCUT2D eigenvalue weighted by molar-refractivity contribution is 8.04. The van der Waals surface area contributed by atoms with Crippen molar-refractivity contribution >= 4 is 29.6 Å². The molecule has 1 amide bonds. The van der Waals surface area contributed by atoms with Crippen molar-refractivity contribution < 1.29 is 28.2 Å². The van der Waals surface area contributed by atoms with E-state index >= 15 is 0 Å². The van der Waals surface area contributed by atoms with Crippen LogP contribution in [0.3, 0.4) is 0 Å². The number of nitrogens with zero attached hydrogens (tertiary/aromatic N) is 1. The zero-order chi connectivity index (χ0) is 20.6. The number of thioether (sulfide) groups is 1. The van der Waals surface area contributed by atoms with Gasteiger partial charge in [0.1, 0.15) is 11.6 Å². The van der Waals surface area contributed by atoms with Crippen LogP contribution in [-0.2, 0) is 23.9 Å². The number of rotatable bonds is 4. The largest absolute Gasteiger partial charge is 0.466 e. The SMILES string of the molecule is CCOC(=O)C1=C(N)N2C(=O)[C@@H](C)SC2=C(C(=O)OC)[C@H]1c1ccccc1F. The number of fused-ring (bicyclic) bond motifs is 1. The fourth-order valence-electron chi connectivity index (χ4n) is 3.27. The van der Waals surface area contributed by atoms with Crippen molar-refractivity contribution in [1.82, 2.24) is 4.90 Å². The van der Waals surface area contributed by atoms with Gasteiger partial charge in [-0.2, -0.15) is 0 Å². The highest BCUT2D eigenvalue weighted by Gasteiger charge is 2.49. The summed E-state index contributed by atoms with van der Waals surface area (Å²) in [6, 6.07) is 5.75. The fraction of sp³-hybridized carbons (Fsp3) is 0.316. The van der Waals surface area contributed by atoms with E-state index < -0.39 is 28.9 Å². The summed E-state index contributed by atoms with van der Waals surface area (Å²) in [6.07, 6.45) is 0. The van der Waals surface area contributed by atoms with Crippen LogP contribution >= 0.6 is 11.8 Å². The van der Waals surface area contributed by atoms with Crippen molar-refractivity contribution in [3.05, 3.63) is 57.6 Å². The third kappa shape index (κ3) is 3.05. The fourth-order valence-corrected chi connectivity index (χ4v) is 4.43. The van der Waals surface area contributed by atoms with E-state index in [1.807, 2.05) is 0 Å². The standard InChI is InChI=1S/C19H19FN2O5S/c1-4-27-19(25)13-12(10-7-5-6-8-11(10)20)14(18(24)26-3)17-22(15(13)21)16(23)9(2)28-17/h5-9,12H,4,21H2,1-3H3/t9-,12+/m1/s1. The predicted molar refractivity (Wildman–Crippen MR) is 99.9 cm³/mol. The third-order valence-electron chi connectivity index (χ3n) is 4.50. The number of benzene rings is 1. The lowest BCUT2D eigenvalue weighted by Gasteiger charge is -2.33. The molecule has 1 saturated heterocycles. The molecule has 2 N–H and O–H groups in total. The smallest absolute Gasteiger partial charge is 0.338 e. The molecule has 2 aliphatic heterocycles. The molecule has 0 bridgehead atoms. The minimum Gasteiger partial charge on any atom is -0.466 e. The lowest BCUT2D eigenvalue weighted by Crippen LogP contribution is -2.40. The Kier molecular flexibility index (Phi) is 5.46. The summed E-state index contributed by atoms with van der Waals surface area (Å²) >= 11 is 1.11. The van der Waals surface area contributed by atoms with Gasteiger partial charge in [-0.25, -0.2) is 14.0 Å². The number of methoxy groups -OCH3 is 1. The van der Waals surface area contributed by atoms with Crippen LogP contribution in [0.15, 0.2) is 46.3 Å². The van der Waals surface area contributed by atoms with Crippen LogP contribution in [0.5, 0.6) is 0 Å². The molecule has 2 heterocycles. The van der Waals surface area contributed by atoms with Gasteiger partial charge in [-0.05, 0) is 19.9 Å². The van der Waals surface area contributed by atoms with Gasteiger partial charge in [-0.1, -0.05) is 30.0 Å². The Morgan fingerprint density at radius 1 is 1.25 bits per heavy atom. The second-order valence-electron chi connectivity index (χ2n) is 6.12. The van der Waals surface area contributed by atoms with Crippen molar-refractivity contribution in [1.29, 1.82) is 0 Å². The first kappa shape index (κ1) is 19.9. The highest BCUT2D eigenvalue weighted by Crippen LogP contribution is 2.50. The van der Waals surface area contributed by atoms with E-state index in [-0.39, 0.29) is 40.1 Å². The van der Waals surface area contributed by atoms with Gasteiger partial charge in [0.05, 0.1) is 41.1 Å². The molecule has 1 fully saturated rings. The minimum absolute atomic E-state index is 0.0208. The molecular formula is C19H19FN2O5S. The summed E-state index contributed by atoms with van der Waals surface area (Å²) in [5.74, 6) is -3.95. The molecule has 1 aromatic carbocycles. The van der Waals surface area contributed by atoms with Crippen molar-refractivity contribution in [2.45, 2.75) is 25.0 Å². The summed E-state index contributed by atoms with van der Waals surface area (Å²) in [6.45, 7) is 3.31. The third-order valence-corrected chi connectivity index (χ3v) is 5.68. The molecule has 2 atom stereocenters. The van der Waals surface area contributed by atoms with Gasteiger partial charge >= 0.3 is 11.9 Å². The molecule has 3 rings (SSSR count). The molecule has 2 aliphatic rings. The Bertz CT molecular complexity index is 927. The molecule has 0 saturated carbocycles. The second kappa shape index (κ2) is 7.67. The van der Waals surface area contributed by atoms with Crippen LogP contribution in [0.2, 0.25) is 0 Å². The Labute approximate surface area is 165 Å². The first-order valence-electron chi connectivity index (χ1n) is 8.57. The van der Waals surface area contributed by atoms with Gasteiger partial charge in [0.15, 0.2) is 0 Å². The summed E-state index contributed by atoms with van der Waals surface area (Å²) < 4.78 is 24.7. The van der Waals surface area contributed by atoms with Gasteiger partial charge in [0, 0.05) is 5.56 Å². The molecule has 7 nitrogen and oxygen atoms in total. The van der Waals surface area contributed by atoms with Crippen LogP contribution in [0, 0.1) is 5.82 Å². The topological polar surface area (TPSA) is 98.9 Å². The molecule has 0 spiro atoms. The lowest BCUT2D eigenvalue weighted by atomic mass is 9.82. The number of esters is 2. The Balaban J connectivity index is 2.34. The number of hydrogen-bond donors (Lipinski definition) is 1. The van der Waals surface area contributed by atoms with E-state index in [0.29, 0.717) is 0 Å². The Hall–Kier alpha value is -2.81. The monoisotopic (exact) mass is 406 g/mol. The van der Waals surface area contributed by atoms with Gasteiger partial charge in [-0.3, -0.25) is 9.69 Å². The van der Waals surface area contributed by atoms with E-state index in [1.165, 1.54) is 25.3 Å². The highest BCUT2D eigenvalue weighted by atomic mass is 32.2. The number of halogens is 1. The maximum Gasteiger partial charge on any atom is 0.338 e. The number of amides is 1. The number of nitrogens with two attached hydrogens (primary N) is 1. The summed E-state index contributed by atoms with van der Waals surface area (Å²) in [4.78, 5) is 39.2. The van der Waals surface area contributed by atoms with Crippen LogP contribution in [-0.4, -0.2) is 41.7 Å². The Morgan fingerprint density at radius 2 is 1.93 bits per heavy atom. The molecule has 148 valence electrons. The quantitative estimate of drug-likeness (QED) is 0.764. The molecule has 28 heavy (non-hydrogen) atoms. The molecule has 0 aliphatic carbocycles. The molecule has 1 aromatic rings. The number of carbonyl (C=O) groups is 3. The zero-order valence-electron chi connectivity index (χ0n) is 15.5. The first-order chi connectivity index (χ1) is 13.3. The average Bonchev–Trinajstić information content (AvgIpc) is 2.96. The minimum atomic E-state index is -1.16. The summed E-state index contributed by atoms with van der Waals surface area (Å²) in [7, 11) is 1.18. The molecule has 0 radical (unpaired) electrons. The van der Waals surface area contributed by atoms with Crippen molar-refractivity contribution in [3.8, 4) is 0 Å². The molecule has 0 unspecified atom stereocenters. The van der Waals surface area contributed by atoms with Crippen molar-refractivity contribution in [2.24, 2.45) is 5.73 Å². The number of ether oxygens (including phenoxy) is 2. The summed E-state index contributed by atoms with van der Waals surface area (Å²) in [5, 5.41) is -0.292. The average molecular weight is 406 g/mol. The predicted octanol–water partition coefficient (Wildman–Crippen LogP) is 2.00. The van der Waals surface area contributed by atoms with Crippen LogP contribution in [0.25, 0.3) is 0 Å². The maximum absolute atomic E-state index is 14.7. The molecular weight excluding hydrogens is 387 g/mol. The van der Waals surface area contributed by atoms with E-state index in [0.717, 1.165) is 16.7 Å². The Morgan fingerprint density at radius 3 is 2.54 bits per heavy atom. The van der Waals surface area contributed by atoms with E-state index in [4.69, 9.17) is 15.2 Å². The molecule has 9 heteroatoms. The summed E-state index contributed by atoms with van der Waals surface area (Å²) in [5.41, 5.74) is 6.07. The van der Waals surface area contributed by atoms with Gasteiger partial charge in [0.2, 0.25) is 5.91 Å². The van der Waals surface area contributed by atoms with Crippen LogP contribution < -0.4 is 5.73 Å². The van der Waals surface area contributed by atoms with Crippen LogP contribution in [0.1, 0.15) is 25.3 Å². The second-order valence-corrected chi connectivity index (χ2v) is 7.45. The zero-order valence-corrected chi connectivity index (χ0v) is 16.3.